The van der Waals surface area contributed by atoms with Crippen LogP contribution in [0.5, 0.6) is 11.5 Å². The van der Waals surface area contributed by atoms with Gasteiger partial charge in [0.1, 0.15) is 11.5 Å². The maximum absolute atomic E-state index is 13.1. The maximum atomic E-state index is 13.1. The van der Waals surface area contributed by atoms with Crippen molar-refractivity contribution in [1.82, 2.24) is 4.90 Å². The minimum absolute atomic E-state index is 0.127. The van der Waals surface area contributed by atoms with Gasteiger partial charge in [-0.05, 0) is 99.0 Å². The Morgan fingerprint density at radius 3 is 2.26 bits per heavy atom. The maximum Gasteiger partial charge on any atom is 0.316 e. The number of benzene rings is 2. The number of rotatable bonds is 11. The van der Waals surface area contributed by atoms with E-state index in [1.54, 1.807) is 14.2 Å². The van der Waals surface area contributed by atoms with E-state index in [9.17, 15) is 4.79 Å². The predicted octanol–water partition coefficient (Wildman–Crippen LogP) is 5.51. The molecule has 1 aliphatic heterocycles. The monoisotopic (exact) mass is 467 g/mol. The lowest BCUT2D eigenvalue weighted by Crippen LogP contribution is -2.43. The lowest BCUT2D eigenvalue weighted by Gasteiger charge is -2.37. The second kappa shape index (κ2) is 12.3. The normalized spacial score (nSPS) is 16.8. The minimum atomic E-state index is -0.647. The van der Waals surface area contributed by atoms with Gasteiger partial charge in [0.05, 0.1) is 26.7 Å². The zero-order valence-corrected chi connectivity index (χ0v) is 21.5. The highest BCUT2D eigenvalue weighted by atomic mass is 16.5. The molecule has 2 aromatic rings. The van der Waals surface area contributed by atoms with Crippen molar-refractivity contribution < 1.29 is 19.0 Å². The molecule has 3 rings (SSSR count). The van der Waals surface area contributed by atoms with Crippen LogP contribution in [0.25, 0.3) is 0 Å². The van der Waals surface area contributed by atoms with Crippen LogP contribution in [0.2, 0.25) is 0 Å². The van der Waals surface area contributed by atoms with Crippen molar-refractivity contribution in [2.75, 3.05) is 41.0 Å². The van der Waals surface area contributed by atoms with Crippen LogP contribution in [0, 0.1) is 11.8 Å². The largest absolute Gasteiger partial charge is 0.497 e. The van der Waals surface area contributed by atoms with Gasteiger partial charge < -0.3 is 19.1 Å². The number of likely N-dealkylation sites (tertiary alicyclic amines) is 1. The summed E-state index contributed by atoms with van der Waals surface area (Å²) in [6, 6.07) is 16.3. The Bertz CT molecular complexity index is 903. The first-order valence-electron chi connectivity index (χ1n) is 12.5. The average molecular weight is 468 g/mol. The van der Waals surface area contributed by atoms with E-state index in [0.29, 0.717) is 5.92 Å². The molecular formula is C29H41NO4. The Labute approximate surface area is 205 Å². The van der Waals surface area contributed by atoms with Gasteiger partial charge in [-0.1, -0.05) is 38.1 Å². The molecule has 1 atom stereocenters. The molecule has 5 nitrogen and oxygen atoms in total. The van der Waals surface area contributed by atoms with Gasteiger partial charge in [0, 0.05) is 0 Å². The number of carbonyl (C=O) groups is 1. The van der Waals surface area contributed by atoms with Crippen LogP contribution < -0.4 is 9.47 Å². The van der Waals surface area contributed by atoms with Gasteiger partial charge in [-0.3, -0.25) is 4.79 Å². The van der Waals surface area contributed by atoms with E-state index >= 15 is 0 Å². The molecule has 34 heavy (non-hydrogen) atoms. The lowest BCUT2D eigenvalue weighted by molar-refractivity contribution is -0.150. The molecule has 0 N–H and O–H groups in total. The first-order valence-corrected chi connectivity index (χ1v) is 12.5. The van der Waals surface area contributed by atoms with Crippen LogP contribution in [0.3, 0.4) is 0 Å². The first kappa shape index (κ1) is 26.1. The Morgan fingerprint density at radius 2 is 1.68 bits per heavy atom. The zero-order valence-electron chi connectivity index (χ0n) is 21.5. The molecule has 1 heterocycles. The minimum Gasteiger partial charge on any atom is -0.497 e. The van der Waals surface area contributed by atoms with Gasteiger partial charge >= 0.3 is 5.97 Å². The first-order chi connectivity index (χ1) is 16.4. The fourth-order valence-corrected chi connectivity index (χ4v) is 5.42. The summed E-state index contributed by atoms with van der Waals surface area (Å²) < 4.78 is 16.0. The summed E-state index contributed by atoms with van der Waals surface area (Å²) in [6.07, 6.45) is 5.26. The van der Waals surface area contributed by atoms with Gasteiger partial charge in [-0.25, -0.2) is 0 Å². The number of piperidine rings is 1. The van der Waals surface area contributed by atoms with Crippen molar-refractivity contribution >= 4 is 5.97 Å². The van der Waals surface area contributed by atoms with Crippen molar-refractivity contribution in [2.45, 2.75) is 51.4 Å². The van der Waals surface area contributed by atoms with Crippen molar-refractivity contribution in [1.29, 1.82) is 0 Å². The van der Waals surface area contributed by atoms with Crippen LogP contribution in [-0.4, -0.2) is 51.8 Å². The van der Waals surface area contributed by atoms with E-state index in [4.69, 9.17) is 14.2 Å². The number of carbonyl (C=O) groups excluding carboxylic acids is 1. The van der Waals surface area contributed by atoms with Crippen LogP contribution in [-0.2, 0) is 21.4 Å². The SMILES string of the molecule is COC(=O)C(CCCN1CCC(Cc2cccc(OC)c2)CC1)(c1ccc(OC)cc1)C(C)C. The van der Waals surface area contributed by atoms with E-state index in [2.05, 4.69) is 36.9 Å². The lowest BCUT2D eigenvalue weighted by atomic mass is 9.68. The molecule has 1 saturated heterocycles. The van der Waals surface area contributed by atoms with Gasteiger partial charge in [0.25, 0.3) is 0 Å². The van der Waals surface area contributed by atoms with Gasteiger partial charge in [-0.15, -0.1) is 0 Å². The molecule has 0 aliphatic carbocycles. The fourth-order valence-electron chi connectivity index (χ4n) is 5.42. The summed E-state index contributed by atoms with van der Waals surface area (Å²) in [4.78, 5) is 15.7. The van der Waals surface area contributed by atoms with Crippen LogP contribution in [0.15, 0.2) is 48.5 Å². The van der Waals surface area contributed by atoms with Crippen molar-refractivity contribution in [3.63, 3.8) is 0 Å². The molecule has 186 valence electrons. The Morgan fingerprint density at radius 1 is 1.00 bits per heavy atom. The van der Waals surface area contributed by atoms with Crippen molar-refractivity contribution in [2.24, 2.45) is 11.8 Å². The smallest absolute Gasteiger partial charge is 0.316 e. The van der Waals surface area contributed by atoms with E-state index in [1.165, 1.54) is 25.5 Å². The molecule has 2 aromatic carbocycles. The number of hydrogen-bond donors (Lipinski definition) is 0. The second-order valence-corrected chi connectivity index (χ2v) is 9.79. The number of ether oxygens (including phenoxy) is 3. The molecule has 1 aliphatic rings. The number of esters is 1. The van der Waals surface area contributed by atoms with Crippen LogP contribution in [0.1, 0.15) is 50.7 Å². The average Bonchev–Trinajstić information content (AvgIpc) is 2.87. The molecule has 0 bridgehead atoms. The number of hydrogen-bond acceptors (Lipinski definition) is 5. The number of methoxy groups -OCH3 is 3. The summed E-state index contributed by atoms with van der Waals surface area (Å²) in [5.41, 5.74) is 1.72. The van der Waals surface area contributed by atoms with E-state index in [0.717, 1.165) is 56.0 Å². The highest BCUT2D eigenvalue weighted by Gasteiger charge is 2.44. The summed E-state index contributed by atoms with van der Waals surface area (Å²) >= 11 is 0. The van der Waals surface area contributed by atoms with Gasteiger partial charge in [0.15, 0.2) is 0 Å². The van der Waals surface area contributed by atoms with E-state index < -0.39 is 5.41 Å². The van der Waals surface area contributed by atoms with Crippen LogP contribution in [0.4, 0.5) is 0 Å². The molecule has 5 heteroatoms. The Balaban J connectivity index is 1.57. The molecular weight excluding hydrogens is 426 g/mol. The molecule has 1 fully saturated rings. The summed E-state index contributed by atoms with van der Waals surface area (Å²) in [5.74, 6) is 2.42. The van der Waals surface area contributed by atoms with Crippen LogP contribution >= 0.6 is 0 Å². The van der Waals surface area contributed by atoms with Crippen molar-refractivity contribution in [3.8, 4) is 11.5 Å². The second-order valence-electron chi connectivity index (χ2n) is 9.79. The van der Waals surface area contributed by atoms with Crippen molar-refractivity contribution in [3.05, 3.63) is 59.7 Å². The molecule has 0 radical (unpaired) electrons. The summed E-state index contributed by atoms with van der Waals surface area (Å²) in [6.45, 7) is 7.47. The van der Waals surface area contributed by atoms with Gasteiger partial charge in [-0.2, -0.15) is 0 Å². The topological polar surface area (TPSA) is 48.0 Å². The zero-order chi connectivity index (χ0) is 24.6. The molecule has 0 spiro atoms. The summed E-state index contributed by atoms with van der Waals surface area (Å²) in [7, 11) is 4.88. The fraction of sp³-hybridized carbons (Fsp3) is 0.552. The molecule has 0 saturated carbocycles. The van der Waals surface area contributed by atoms with Gasteiger partial charge in [0.2, 0.25) is 0 Å². The number of nitrogens with zero attached hydrogens (tertiary/aromatic N) is 1. The quantitative estimate of drug-likeness (QED) is 0.408. The third-order valence-corrected chi connectivity index (χ3v) is 7.55. The predicted molar refractivity (Wildman–Crippen MR) is 137 cm³/mol. The molecule has 0 amide bonds. The molecule has 0 aromatic heterocycles. The standard InChI is InChI=1S/C29H41NO4/c1-22(2)29(28(31)34-5,25-10-12-26(32-3)13-11-25)16-7-17-30-18-14-23(15-19-30)20-24-8-6-9-27(21-24)33-4/h6,8-13,21-23H,7,14-20H2,1-5H3. The van der Waals surface area contributed by atoms with E-state index in [1.807, 2.05) is 30.3 Å². The highest BCUT2D eigenvalue weighted by molar-refractivity contribution is 5.83. The van der Waals surface area contributed by atoms with E-state index in [-0.39, 0.29) is 11.9 Å². The highest BCUT2D eigenvalue weighted by Crippen LogP contribution is 2.39. The Kier molecular flexibility index (Phi) is 9.40. The molecule has 1 unspecified atom stereocenters. The third-order valence-electron chi connectivity index (χ3n) is 7.55. The third kappa shape index (κ3) is 6.12. The summed E-state index contributed by atoms with van der Waals surface area (Å²) in [5, 5.41) is 0. The Hall–Kier alpha value is -2.53.